The number of fused-ring (bicyclic) bond motifs is 9. The van der Waals surface area contributed by atoms with E-state index in [2.05, 4.69) is 246 Å². The van der Waals surface area contributed by atoms with Gasteiger partial charge in [-0.2, -0.15) is 0 Å². The third-order valence-corrected chi connectivity index (χ3v) is 12.5. The second-order valence-corrected chi connectivity index (χ2v) is 16.5. The molecule has 0 amide bonds. The van der Waals surface area contributed by atoms with Crippen LogP contribution in [0.15, 0.2) is 218 Å². The molecule has 0 unspecified atom stereocenters. The molecule has 12 aromatic rings. The molecule has 4 nitrogen and oxygen atoms in total. The summed E-state index contributed by atoms with van der Waals surface area (Å²) in [5.74, 6) is 0. The molecule has 0 atom stereocenters. The highest BCUT2D eigenvalue weighted by molar-refractivity contribution is 6.12. The second-order valence-electron chi connectivity index (χ2n) is 16.5. The summed E-state index contributed by atoms with van der Waals surface area (Å²) in [5, 5.41) is 7.80. The Bertz CT molecular complexity index is 3540. The number of rotatable bonds is 6. The van der Waals surface area contributed by atoms with Gasteiger partial charge in [-0.1, -0.05) is 152 Å². The fraction of sp³-hybridized carbons (Fsp3) is 0.129. The summed E-state index contributed by atoms with van der Waals surface area (Å²) >= 11 is 0. The van der Waals surface area contributed by atoms with Gasteiger partial charge in [0.05, 0.1) is 11.0 Å². The highest BCUT2D eigenvalue weighted by Crippen LogP contribution is 2.41. The highest BCUT2D eigenvalue weighted by Gasteiger charge is 2.19. The van der Waals surface area contributed by atoms with Gasteiger partial charge in [0.1, 0.15) is 0 Å². The maximum absolute atomic E-state index is 2.41. The molecule has 3 aromatic heterocycles. The van der Waals surface area contributed by atoms with Crippen LogP contribution in [0.4, 0.5) is 17.1 Å². The standard InChI is InChI=1S/C38H29N3.C15H15N.C7H8.C2H6/c1-2-39-35-19-11-9-17-31(35)33-25-29(21-23-36(33)39)40(27-13-5-3-6-14-27)30-22-24-38-34(26-30)32-18-10-12-20-37(32)41(38)28-15-7-4-8-16-28;1-3-16-14-7-5-4-6-12(14)13-10-11(2)8-9-15(13)16;1-7-5-3-2-4-6-7;1-2/h3-26H,2H2,1H3;4-10H,3H2,1-2H3;2-6H,1H3;1-2H3. The molecule has 0 spiro atoms. The summed E-state index contributed by atoms with van der Waals surface area (Å²) in [6, 6.07) is 78.2. The molecule has 9 aromatic carbocycles. The van der Waals surface area contributed by atoms with E-state index in [0.717, 1.165) is 30.2 Å². The molecular weight excluding hydrogens is 801 g/mol. The van der Waals surface area contributed by atoms with E-state index in [1.54, 1.807) is 0 Å². The van der Waals surface area contributed by atoms with Gasteiger partial charge < -0.3 is 18.6 Å². The van der Waals surface area contributed by atoms with Crippen molar-refractivity contribution in [3.63, 3.8) is 0 Å². The minimum absolute atomic E-state index is 0.938. The number of aryl methyl sites for hydroxylation is 4. The molecule has 0 fully saturated rings. The normalized spacial score (nSPS) is 11.0. The fourth-order valence-corrected chi connectivity index (χ4v) is 9.54. The van der Waals surface area contributed by atoms with Crippen molar-refractivity contribution >= 4 is 82.5 Å². The number of hydrogen-bond acceptors (Lipinski definition) is 1. The van der Waals surface area contributed by atoms with Crippen molar-refractivity contribution in [2.75, 3.05) is 4.90 Å². The highest BCUT2D eigenvalue weighted by atomic mass is 15.1. The predicted octanol–water partition coefficient (Wildman–Crippen LogP) is 17.5. The lowest BCUT2D eigenvalue weighted by atomic mass is 10.1. The van der Waals surface area contributed by atoms with Crippen LogP contribution in [0, 0.1) is 13.8 Å². The van der Waals surface area contributed by atoms with Crippen LogP contribution in [0.3, 0.4) is 0 Å². The van der Waals surface area contributed by atoms with Crippen molar-refractivity contribution < 1.29 is 0 Å². The number of anilines is 3. The second kappa shape index (κ2) is 19.5. The Balaban J connectivity index is 0.000000179. The van der Waals surface area contributed by atoms with E-state index in [-0.39, 0.29) is 0 Å². The number of nitrogens with zero attached hydrogens (tertiary/aromatic N) is 4. The molecule has 0 bridgehead atoms. The van der Waals surface area contributed by atoms with Crippen molar-refractivity contribution in [3.05, 3.63) is 230 Å². The monoisotopic (exact) mass is 858 g/mol. The van der Waals surface area contributed by atoms with Gasteiger partial charge in [-0.25, -0.2) is 0 Å². The van der Waals surface area contributed by atoms with Crippen LogP contribution in [-0.2, 0) is 13.1 Å². The molecule has 3 heterocycles. The summed E-state index contributed by atoms with van der Waals surface area (Å²) in [4.78, 5) is 2.38. The number of aromatic nitrogens is 3. The molecular formula is C62H58N4. The Hall–Kier alpha value is -7.82. The lowest BCUT2D eigenvalue weighted by molar-refractivity contribution is 0.827. The average Bonchev–Trinajstić information content (AvgIpc) is 4.00. The van der Waals surface area contributed by atoms with Gasteiger partial charge in [-0.15, -0.1) is 0 Å². The molecule has 326 valence electrons. The Morgan fingerprint density at radius 3 is 1.21 bits per heavy atom. The zero-order chi connectivity index (χ0) is 45.6. The molecule has 12 rings (SSSR count). The van der Waals surface area contributed by atoms with Crippen molar-refractivity contribution in [2.45, 2.75) is 54.6 Å². The first-order valence-corrected chi connectivity index (χ1v) is 23.5. The average molecular weight is 859 g/mol. The van der Waals surface area contributed by atoms with Crippen molar-refractivity contribution in [3.8, 4) is 5.69 Å². The number of hydrogen-bond donors (Lipinski definition) is 0. The van der Waals surface area contributed by atoms with E-state index < -0.39 is 0 Å². The van der Waals surface area contributed by atoms with Gasteiger partial charge in [0.25, 0.3) is 0 Å². The predicted molar refractivity (Wildman–Crippen MR) is 287 cm³/mol. The SMILES string of the molecule is CC.CCn1c2ccccc2c2cc(C)ccc21.CCn1c2ccccc2c2cc(N(c3ccccc3)c3ccc4c(c3)c3ccccc3n4-c3ccccc3)ccc21.Cc1ccccc1. The lowest BCUT2D eigenvalue weighted by Crippen LogP contribution is -2.09. The molecule has 0 aliphatic rings. The van der Waals surface area contributed by atoms with Gasteiger partial charge in [-0.05, 0) is 119 Å². The molecule has 0 aliphatic heterocycles. The fourth-order valence-electron chi connectivity index (χ4n) is 9.54. The van der Waals surface area contributed by atoms with E-state index >= 15 is 0 Å². The van der Waals surface area contributed by atoms with Crippen LogP contribution in [0.2, 0.25) is 0 Å². The first-order valence-electron chi connectivity index (χ1n) is 23.5. The Morgan fingerprint density at radius 1 is 0.318 bits per heavy atom. The minimum atomic E-state index is 0.938. The van der Waals surface area contributed by atoms with E-state index in [9.17, 15) is 0 Å². The Morgan fingerprint density at radius 2 is 0.697 bits per heavy atom. The maximum atomic E-state index is 2.41. The zero-order valence-corrected chi connectivity index (χ0v) is 39.0. The Kier molecular flexibility index (Phi) is 12.8. The van der Waals surface area contributed by atoms with E-state index in [1.807, 2.05) is 32.0 Å². The van der Waals surface area contributed by atoms with Crippen molar-refractivity contribution in [1.82, 2.24) is 13.7 Å². The third kappa shape index (κ3) is 8.23. The van der Waals surface area contributed by atoms with Crippen molar-refractivity contribution in [1.29, 1.82) is 0 Å². The quantitative estimate of drug-likeness (QED) is 0.163. The summed E-state index contributed by atoms with van der Waals surface area (Å²) < 4.78 is 7.16. The molecule has 0 N–H and O–H groups in total. The van der Waals surface area contributed by atoms with Crippen molar-refractivity contribution in [2.24, 2.45) is 0 Å². The van der Waals surface area contributed by atoms with Crippen LogP contribution in [0.25, 0.3) is 71.1 Å². The first kappa shape index (κ1) is 43.4. The van der Waals surface area contributed by atoms with Gasteiger partial charge in [0, 0.05) is 90.2 Å². The summed E-state index contributed by atoms with van der Waals surface area (Å²) in [6.07, 6.45) is 0. The van der Waals surface area contributed by atoms with Crippen LogP contribution >= 0.6 is 0 Å². The van der Waals surface area contributed by atoms with Crippen LogP contribution < -0.4 is 4.90 Å². The molecule has 66 heavy (non-hydrogen) atoms. The first-order chi connectivity index (χ1) is 32.5. The Labute approximate surface area is 389 Å². The van der Waals surface area contributed by atoms with Gasteiger partial charge in [-0.3, -0.25) is 0 Å². The molecule has 0 aliphatic carbocycles. The van der Waals surface area contributed by atoms with E-state index in [1.165, 1.54) is 82.2 Å². The van der Waals surface area contributed by atoms with E-state index in [0.29, 0.717) is 0 Å². The van der Waals surface area contributed by atoms with Crippen LogP contribution in [0.5, 0.6) is 0 Å². The molecule has 0 saturated heterocycles. The largest absolute Gasteiger partial charge is 0.341 e. The minimum Gasteiger partial charge on any atom is -0.341 e. The third-order valence-electron chi connectivity index (χ3n) is 12.5. The summed E-state index contributed by atoms with van der Waals surface area (Å²) in [6.45, 7) is 14.6. The molecule has 4 heteroatoms. The van der Waals surface area contributed by atoms with Gasteiger partial charge >= 0.3 is 0 Å². The summed E-state index contributed by atoms with van der Waals surface area (Å²) in [5.41, 5.74) is 14.9. The van der Waals surface area contributed by atoms with Crippen LogP contribution in [0.1, 0.15) is 38.8 Å². The molecule has 0 saturated carbocycles. The number of benzene rings is 9. The maximum Gasteiger partial charge on any atom is 0.0542 e. The van der Waals surface area contributed by atoms with E-state index in [4.69, 9.17) is 0 Å². The zero-order valence-electron chi connectivity index (χ0n) is 39.0. The summed E-state index contributed by atoms with van der Waals surface area (Å²) in [7, 11) is 0. The van der Waals surface area contributed by atoms with Gasteiger partial charge in [0.2, 0.25) is 0 Å². The lowest BCUT2D eigenvalue weighted by Gasteiger charge is -2.26. The topological polar surface area (TPSA) is 18.0 Å². The smallest absolute Gasteiger partial charge is 0.0542 e. The number of para-hydroxylation sites is 5. The molecule has 0 radical (unpaired) electrons. The van der Waals surface area contributed by atoms with Gasteiger partial charge in [0.15, 0.2) is 0 Å². The van der Waals surface area contributed by atoms with Crippen LogP contribution in [-0.4, -0.2) is 13.7 Å².